The molecule has 0 amide bonds. The molecule has 3 rings (SSSR count). The first-order valence-corrected chi connectivity index (χ1v) is 8.06. The van der Waals surface area contributed by atoms with Crippen molar-refractivity contribution in [2.24, 2.45) is 18.7 Å². The number of aryl methyl sites for hydroxylation is 1. The minimum absolute atomic E-state index is 0. The lowest BCUT2D eigenvalue weighted by atomic mass is 9.98. The van der Waals surface area contributed by atoms with Crippen LogP contribution in [0.1, 0.15) is 17.7 Å². The summed E-state index contributed by atoms with van der Waals surface area (Å²) in [6.45, 7) is 4.23. The zero-order valence-electron chi connectivity index (χ0n) is 12.4. The van der Waals surface area contributed by atoms with E-state index in [1.165, 1.54) is 34.7 Å². The maximum Gasteiger partial charge on any atom is 0.0576 e. The number of nitrogens with zero attached hydrogens (tertiary/aromatic N) is 3. The van der Waals surface area contributed by atoms with Crippen LogP contribution in [0.5, 0.6) is 0 Å². The number of rotatable bonds is 4. The van der Waals surface area contributed by atoms with Crippen LogP contribution in [0.15, 0.2) is 24.5 Å². The molecule has 116 valence electrons. The zero-order valence-corrected chi connectivity index (χ0v) is 14.0. The van der Waals surface area contributed by atoms with E-state index in [0.29, 0.717) is 5.92 Å². The molecule has 6 heteroatoms. The fourth-order valence-electron chi connectivity index (χ4n) is 2.87. The highest BCUT2D eigenvalue weighted by molar-refractivity contribution is 7.15. The standard InChI is InChI=1S/C15H22N4S.ClH/c1-18-10-13(8-17-18)15-5-4-14(20-15)11-19-6-2-3-12(7-16)9-19;/h4-5,8,10,12H,2-3,6-7,9,11,16H2,1H3;1H. The van der Waals surface area contributed by atoms with Gasteiger partial charge < -0.3 is 5.73 Å². The van der Waals surface area contributed by atoms with Gasteiger partial charge in [-0.2, -0.15) is 5.10 Å². The van der Waals surface area contributed by atoms with Gasteiger partial charge in [0.05, 0.1) is 6.20 Å². The van der Waals surface area contributed by atoms with Gasteiger partial charge in [0.2, 0.25) is 0 Å². The van der Waals surface area contributed by atoms with Crippen molar-refractivity contribution in [1.82, 2.24) is 14.7 Å². The first-order chi connectivity index (χ1) is 9.74. The summed E-state index contributed by atoms with van der Waals surface area (Å²) in [6, 6.07) is 4.46. The summed E-state index contributed by atoms with van der Waals surface area (Å²) in [5, 5.41) is 4.24. The highest BCUT2D eigenvalue weighted by Gasteiger charge is 2.19. The molecule has 2 aromatic rings. The molecule has 0 saturated carbocycles. The first kappa shape index (κ1) is 16.5. The van der Waals surface area contributed by atoms with Crippen LogP contribution in [0, 0.1) is 5.92 Å². The SMILES string of the molecule is Cl.Cn1cc(-c2ccc(CN3CCCC(CN)C3)s2)cn1. The monoisotopic (exact) mass is 326 g/mol. The number of thiophene rings is 1. The summed E-state index contributed by atoms with van der Waals surface area (Å²) in [6.07, 6.45) is 6.57. The fraction of sp³-hybridized carbons (Fsp3) is 0.533. The second kappa shape index (κ2) is 7.40. The molecule has 0 spiro atoms. The Morgan fingerprint density at radius 2 is 2.29 bits per heavy atom. The first-order valence-electron chi connectivity index (χ1n) is 7.25. The van der Waals surface area contributed by atoms with Crippen molar-refractivity contribution in [2.75, 3.05) is 19.6 Å². The molecule has 1 atom stereocenters. The van der Waals surface area contributed by atoms with E-state index in [9.17, 15) is 0 Å². The van der Waals surface area contributed by atoms with Crippen molar-refractivity contribution in [3.8, 4) is 10.4 Å². The molecule has 1 aliphatic rings. The van der Waals surface area contributed by atoms with Gasteiger partial charge >= 0.3 is 0 Å². The van der Waals surface area contributed by atoms with Gasteiger partial charge in [-0.05, 0) is 44.0 Å². The maximum absolute atomic E-state index is 5.81. The van der Waals surface area contributed by atoms with E-state index in [2.05, 4.69) is 28.3 Å². The normalized spacial score (nSPS) is 19.4. The summed E-state index contributed by atoms with van der Waals surface area (Å²) in [5.41, 5.74) is 7.02. The largest absolute Gasteiger partial charge is 0.330 e. The number of aromatic nitrogens is 2. The molecule has 0 aliphatic carbocycles. The van der Waals surface area contributed by atoms with E-state index in [1.807, 2.05) is 29.3 Å². The quantitative estimate of drug-likeness (QED) is 0.939. The summed E-state index contributed by atoms with van der Waals surface area (Å²) < 4.78 is 1.85. The van der Waals surface area contributed by atoms with Crippen LogP contribution in [-0.2, 0) is 13.6 Å². The molecule has 2 aromatic heterocycles. The molecular weight excluding hydrogens is 304 g/mol. The van der Waals surface area contributed by atoms with Gasteiger partial charge in [-0.25, -0.2) is 0 Å². The molecular formula is C15H23ClN4S. The molecule has 1 fully saturated rings. The van der Waals surface area contributed by atoms with Crippen molar-refractivity contribution >= 4 is 23.7 Å². The highest BCUT2D eigenvalue weighted by Crippen LogP contribution is 2.29. The number of nitrogens with two attached hydrogens (primary N) is 1. The summed E-state index contributed by atoms with van der Waals surface area (Å²) in [4.78, 5) is 5.28. The molecule has 1 aliphatic heterocycles. The Bertz CT molecular complexity index is 566. The van der Waals surface area contributed by atoms with Crippen molar-refractivity contribution in [3.63, 3.8) is 0 Å². The second-order valence-electron chi connectivity index (χ2n) is 5.65. The molecule has 0 radical (unpaired) electrons. The van der Waals surface area contributed by atoms with Gasteiger partial charge in [0.1, 0.15) is 0 Å². The van der Waals surface area contributed by atoms with Gasteiger partial charge in [0.15, 0.2) is 0 Å². The Labute approximate surface area is 136 Å². The smallest absolute Gasteiger partial charge is 0.0576 e. The van der Waals surface area contributed by atoms with Crippen molar-refractivity contribution in [3.05, 3.63) is 29.4 Å². The topological polar surface area (TPSA) is 47.1 Å². The number of halogens is 1. The van der Waals surface area contributed by atoms with Crippen LogP contribution in [0.2, 0.25) is 0 Å². The Balaban J connectivity index is 0.00000161. The fourth-order valence-corrected chi connectivity index (χ4v) is 3.90. The summed E-state index contributed by atoms with van der Waals surface area (Å²) in [5.74, 6) is 0.682. The Morgan fingerprint density at radius 3 is 3.00 bits per heavy atom. The van der Waals surface area contributed by atoms with E-state index < -0.39 is 0 Å². The molecule has 3 heterocycles. The van der Waals surface area contributed by atoms with Crippen LogP contribution in [0.4, 0.5) is 0 Å². The van der Waals surface area contributed by atoms with Gasteiger partial charge in [-0.3, -0.25) is 9.58 Å². The number of hydrogen-bond donors (Lipinski definition) is 1. The van der Waals surface area contributed by atoms with Gasteiger partial charge in [-0.1, -0.05) is 0 Å². The predicted molar refractivity (Wildman–Crippen MR) is 90.8 cm³/mol. The van der Waals surface area contributed by atoms with Gasteiger partial charge in [0, 0.05) is 41.7 Å². The van der Waals surface area contributed by atoms with E-state index in [4.69, 9.17) is 5.73 Å². The minimum atomic E-state index is 0. The molecule has 0 aromatic carbocycles. The summed E-state index contributed by atoms with van der Waals surface area (Å²) in [7, 11) is 1.96. The lowest BCUT2D eigenvalue weighted by Gasteiger charge is -2.31. The van der Waals surface area contributed by atoms with Crippen molar-refractivity contribution in [1.29, 1.82) is 0 Å². The average molecular weight is 327 g/mol. The Morgan fingerprint density at radius 1 is 1.43 bits per heavy atom. The zero-order chi connectivity index (χ0) is 13.9. The predicted octanol–water partition coefficient (Wildman–Crippen LogP) is 2.74. The third kappa shape index (κ3) is 4.07. The van der Waals surface area contributed by atoms with E-state index >= 15 is 0 Å². The van der Waals surface area contributed by atoms with E-state index in [0.717, 1.165) is 19.6 Å². The van der Waals surface area contributed by atoms with Crippen LogP contribution in [0.25, 0.3) is 10.4 Å². The number of hydrogen-bond acceptors (Lipinski definition) is 4. The molecule has 1 unspecified atom stereocenters. The molecule has 0 bridgehead atoms. The van der Waals surface area contributed by atoms with Crippen molar-refractivity contribution in [2.45, 2.75) is 19.4 Å². The number of likely N-dealkylation sites (tertiary alicyclic amines) is 1. The van der Waals surface area contributed by atoms with Crippen LogP contribution >= 0.6 is 23.7 Å². The van der Waals surface area contributed by atoms with Crippen LogP contribution in [-0.4, -0.2) is 34.3 Å². The van der Waals surface area contributed by atoms with Gasteiger partial charge in [0.25, 0.3) is 0 Å². The van der Waals surface area contributed by atoms with Crippen molar-refractivity contribution < 1.29 is 0 Å². The minimum Gasteiger partial charge on any atom is -0.330 e. The average Bonchev–Trinajstić information content (AvgIpc) is 3.08. The van der Waals surface area contributed by atoms with E-state index in [1.54, 1.807) is 0 Å². The summed E-state index contributed by atoms with van der Waals surface area (Å²) >= 11 is 1.88. The third-order valence-electron chi connectivity index (χ3n) is 3.97. The lowest BCUT2D eigenvalue weighted by molar-refractivity contribution is 0.172. The van der Waals surface area contributed by atoms with Crippen LogP contribution in [0.3, 0.4) is 0 Å². The third-order valence-corrected chi connectivity index (χ3v) is 5.09. The van der Waals surface area contributed by atoms with Gasteiger partial charge in [-0.15, -0.1) is 23.7 Å². The van der Waals surface area contributed by atoms with Crippen LogP contribution < -0.4 is 5.73 Å². The lowest BCUT2D eigenvalue weighted by Crippen LogP contribution is -2.37. The molecule has 1 saturated heterocycles. The highest BCUT2D eigenvalue weighted by atomic mass is 35.5. The Kier molecular flexibility index (Phi) is 5.81. The molecule has 2 N–H and O–H groups in total. The second-order valence-corrected chi connectivity index (χ2v) is 6.82. The molecule has 4 nitrogen and oxygen atoms in total. The van der Waals surface area contributed by atoms with E-state index in [-0.39, 0.29) is 12.4 Å². The maximum atomic E-state index is 5.81. The number of piperidine rings is 1. The Hall–Kier alpha value is -0.880. The molecule has 21 heavy (non-hydrogen) atoms.